The Hall–Kier alpha value is -2.25. The van der Waals surface area contributed by atoms with Crippen LogP contribution in [-0.2, 0) is 11.2 Å². The van der Waals surface area contributed by atoms with Crippen molar-refractivity contribution in [3.8, 4) is 0 Å². The number of hydrogen-bond donors (Lipinski definition) is 2. The van der Waals surface area contributed by atoms with Gasteiger partial charge in [0.2, 0.25) is 5.91 Å². The molecule has 0 radical (unpaired) electrons. The first-order valence-corrected chi connectivity index (χ1v) is 11.1. The molecule has 3 aromatic rings. The number of benzene rings is 1. The third-order valence-corrected chi connectivity index (χ3v) is 6.04. The van der Waals surface area contributed by atoms with E-state index < -0.39 is 5.63 Å². The smallest absolute Gasteiger partial charge is 0.339 e. The van der Waals surface area contributed by atoms with Gasteiger partial charge in [-0.15, -0.1) is 0 Å². The van der Waals surface area contributed by atoms with Crippen LogP contribution in [0, 0.1) is 20.8 Å². The Balaban J connectivity index is 1.86. The molecule has 3 rings (SSSR count). The molecule has 2 N–H and O–H groups in total. The summed E-state index contributed by atoms with van der Waals surface area (Å²) < 4.78 is 11.2. The monoisotopic (exact) mass is 417 g/mol. The number of aliphatic hydroxyl groups excluding tert-OH is 1. The van der Waals surface area contributed by atoms with Gasteiger partial charge in [0, 0.05) is 28.3 Å². The molecule has 29 heavy (non-hydrogen) atoms. The predicted octanol–water partition coefficient (Wildman–Crippen LogP) is 3.63. The third kappa shape index (κ3) is 4.36. The number of aryl methyl sites for hydroxylation is 3. The lowest BCUT2D eigenvalue weighted by molar-refractivity contribution is -0.122. The van der Waals surface area contributed by atoms with E-state index in [9.17, 15) is 14.7 Å². The van der Waals surface area contributed by atoms with Gasteiger partial charge in [-0.3, -0.25) is 4.79 Å². The minimum atomic E-state index is -0.422. The highest BCUT2D eigenvalue weighted by atomic mass is 32.2. The maximum absolute atomic E-state index is 12.6. The van der Waals surface area contributed by atoms with Gasteiger partial charge in [0.25, 0.3) is 0 Å². The maximum atomic E-state index is 12.6. The second kappa shape index (κ2) is 9.05. The molecule has 156 valence electrons. The summed E-state index contributed by atoms with van der Waals surface area (Å²) in [7, 11) is 0. The molecule has 2 aromatic heterocycles. The summed E-state index contributed by atoms with van der Waals surface area (Å²) >= 11 is 1.67. The van der Waals surface area contributed by atoms with Crippen molar-refractivity contribution >= 4 is 39.6 Å². The predicted molar refractivity (Wildman–Crippen MR) is 117 cm³/mol. The molecular formula is C22H27NO5S. The van der Waals surface area contributed by atoms with Gasteiger partial charge in [0.1, 0.15) is 11.2 Å². The molecule has 0 aliphatic heterocycles. The molecule has 0 bridgehead atoms. The fourth-order valence-electron chi connectivity index (χ4n) is 3.62. The van der Waals surface area contributed by atoms with Gasteiger partial charge in [-0.1, -0.05) is 0 Å². The van der Waals surface area contributed by atoms with Crippen LogP contribution in [0.5, 0.6) is 0 Å². The molecule has 1 atom stereocenters. The number of carbonyl (C=O) groups is 1. The number of rotatable bonds is 8. The minimum absolute atomic E-state index is 0.0945. The largest absolute Gasteiger partial charge is 0.464 e. The summed E-state index contributed by atoms with van der Waals surface area (Å²) in [6.45, 7) is 5.66. The van der Waals surface area contributed by atoms with Crippen molar-refractivity contribution in [2.75, 3.05) is 18.6 Å². The lowest BCUT2D eigenvalue weighted by atomic mass is 9.98. The Morgan fingerprint density at radius 2 is 1.97 bits per heavy atom. The second-order valence-corrected chi connectivity index (χ2v) is 8.38. The number of thioether (sulfide) groups is 1. The van der Waals surface area contributed by atoms with Gasteiger partial charge in [-0.2, -0.15) is 11.8 Å². The van der Waals surface area contributed by atoms with Crippen LogP contribution in [0.25, 0.3) is 21.9 Å². The van der Waals surface area contributed by atoms with Crippen molar-refractivity contribution in [2.24, 2.45) is 0 Å². The van der Waals surface area contributed by atoms with E-state index in [2.05, 4.69) is 5.32 Å². The van der Waals surface area contributed by atoms with Gasteiger partial charge >= 0.3 is 5.63 Å². The molecule has 7 heteroatoms. The maximum Gasteiger partial charge on any atom is 0.339 e. The number of amides is 1. The highest BCUT2D eigenvalue weighted by Crippen LogP contribution is 2.32. The number of fused-ring (bicyclic) bond motifs is 2. The molecule has 1 amide bonds. The van der Waals surface area contributed by atoms with Gasteiger partial charge in [-0.05, 0) is 62.8 Å². The standard InChI is InChI=1S/C22H27NO5S/c1-12-11-27-20-14(3)21-18(9-17(12)20)13(2)16(22(26)28-21)5-6-19(25)23-15(10-24)7-8-29-4/h9,11,15,24H,5-8,10H2,1-4H3,(H,23,25)/t15-/m1/s1. The van der Waals surface area contributed by atoms with Crippen LogP contribution in [-0.4, -0.2) is 35.7 Å². The molecular weight excluding hydrogens is 390 g/mol. The summed E-state index contributed by atoms with van der Waals surface area (Å²) in [6, 6.07) is 1.73. The zero-order valence-electron chi connectivity index (χ0n) is 17.3. The highest BCUT2D eigenvalue weighted by molar-refractivity contribution is 7.98. The molecule has 2 heterocycles. The van der Waals surface area contributed by atoms with Crippen molar-refractivity contribution in [1.82, 2.24) is 5.32 Å². The Labute approximate surface area is 173 Å². The van der Waals surface area contributed by atoms with E-state index in [0.717, 1.165) is 38.8 Å². The van der Waals surface area contributed by atoms with E-state index in [1.807, 2.05) is 33.1 Å². The molecule has 0 aliphatic rings. The van der Waals surface area contributed by atoms with E-state index in [1.54, 1.807) is 18.0 Å². The molecule has 0 saturated carbocycles. The highest BCUT2D eigenvalue weighted by Gasteiger charge is 2.18. The van der Waals surface area contributed by atoms with Crippen molar-refractivity contribution in [3.63, 3.8) is 0 Å². The number of hydrogen-bond acceptors (Lipinski definition) is 6. The SMILES string of the molecule is CSCC[C@H](CO)NC(=O)CCc1c(C)c2cc3c(C)coc3c(C)c2oc1=O. The average Bonchev–Trinajstić information content (AvgIpc) is 3.07. The second-order valence-electron chi connectivity index (χ2n) is 7.40. The fraction of sp³-hybridized carbons (Fsp3) is 0.455. The first kappa shape index (κ1) is 21.5. The summed E-state index contributed by atoms with van der Waals surface area (Å²) in [4.78, 5) is 24.9. The van der Waals surface area contributed by atoms with E-state index in [0.29, 0.717) is 17.6 Å². The van der Waals surface area contributed by atoms with Crippen LogP contribution in [0.3, 0.4) is 0 Å². The average molecular weight is 418 g/mol. The molecule has 0 saturated heterocycles. The third-order valence-electron chi connectivity index (χ3n) is 5.39. The van der Waals surface area contributed by atoms with Gasteiger partial charge in [0.05, 0.1) is 18.9 Å². The molecule has 0 spiro atoms. The Morgan fingerprint density at radius 3 is 2.66 bits per heavy atom. The van der Waals surface area contributed by atoms with Crippen LogP contribution in [0.15, 0.2) is 26.0 Å². The van der Waals surface area contributed by atoms with Gasteiger partial charge in [0.15, 0.2) is 0 Å². The number of carbonyl (C=O) groups excluding carboxylic acids is 1. The summed E-state index contributed by atoms with van der Waals surface area (Å²) in [5.41, 5.74) is 4.00. The summed E-state index contributed by atoms with van der Waals surface area (Å²) in [5.74, 6) is 0.682. The summed E-state index contributed by atoms with van der Waals surface area (Å²) in [5, 5.41) is 14.1. The topological polar surface area (TPSA) is 92.7 Å². The minimum Gasteiger partial charge on any atom is -0.464 e. The van der Waals surface area contributed by atoms with Crippen molar-refractivity contribution in [2.45, 2.75) is 46.1 Å². The van der Waals surface area contributed by atoms with Crippen molar-refractivity contribution in [1.29, 1.82) is 0 Å². The van der Waals surface area contributed by atoms with Crippen LogP contribution in [0.1, 0.15) is 35.1 Å². The van der Waals surface area contributed by atoms with Crippen LogP contribution in [0.2, 0.25) is 0 Å². The zero-order chi connectivity index (χ0) is 21.1. The fourth-order valence-corrected chi connectivity index (χ4v) is 4.14. The van der Waals surface area contributed by atoms with Crippen molar-refractivity contribution < 1.29 is 18.7 Å². The number of nitrogens with one attached hydrogen (secondary N) is 1. The Bertz CT molecular complexity index is 1100. The van der Waals surface area contributed by atoms with E-state index in [4.69, 9.17) is 8.83 Å². The number of aliphatic hydroxyl groups is 1. The first-order valence-electron chi connectivity index (χ1n) is 9.70. The van der Waals surface area contributed by atoms with Gasteiger partial charge in [-0.25, -0.2) is 4.79 Å². The van der Waals surface area contributed by atoms with E-state index >= 15 is 0 Å². The van der Waals surface area contributed by atoms with E-state index in [-0.39, 0.29) is 31.4 Å². The number of furan rings is 1. The Morgan fingerprint density at radius 1 is 1.21 bits per heavy atom. The molecule has 0 unspecified atom stereocenters. The van der Waals surface area contributed by atoms with E-state index in [1.165, 1.54) is 0 Å². The molecule has 0 fully saturated rings. The van der Waals surface area contributed by atoms with Crippen LogP contribution >= 0.6 is 11.8 Å². The zero-order valence-corrected chi connectivity index (χ0v) is 18.1. The lowest BCUT2D eigenvalue weighted by Gasteiger charge is -2.16. The molecule has 0 aliphatic carbocycles. The summed E-state index contributed by atoms with van der Waals surface area (Å²) in [6.07, 6.45) is 4.85. The lowest BCUT2D eigenvalue weighted by Crippen LogP contribution is -2.38. The molecule has 1 aromatic carbocycles. The van der Waals surface area contributed by atoms with Crippen LogP contribution < -0.4 is 10.9 Å². The van der Waals surface area contributed by atoms with Gasteiger partial charge < -0.3 is 19.3 Å². The molecule has 6 nitrogen and oxygen atoms in total. The quantitative estimate of drug-likeness (QED) is 0.544. The van der Waals surface area contributed by atoms with Crippen molar-refractivity contribution in [3.05, 3.63) is 45.0 Å². The first-order chi connectivity index (χ1) is 13.9. The Kier molecular flexibility index (Phi) is 6.70. The van der Waals surface area contributed by atoms with Crippen LogP contribution in [0.4, 0.5) is 0 Å². The normalized spacial score (nSPS) is 12.6.